The molecule has 1 fully saturated rings. The van der Waals surface area contributed by atoms with Crippen LogP contribution >= 0.6 is 11.8 Å². The topological polar surface area (TPSA) is 83.5 Å². The number of carboxylic acid groups (broad SMARTS) is 1. The van der Waals surface area contributed by atoms with Gasteiger partial charge in [-0.15, -0.1) is 0 Å². The van der Waals surface area contributed by atoms with Crippen molar-refractivity contribution in [1.82, 2.24) is 4.72 Å². The van der Waals surface area contributed by atoms with Crippen LogP contribution in [0, 0.1) is 0 Å². The van der Waals surface area contributed by atoms with E-state index >= 15 is 0 Å². The Bertz CT molecular complexity index is 341. The molecule has 0 spiro atoms. The molecule has 2 atom stereocenters. The molecule has 1 aliphatic carbocycles. The lowest BCUT2D eigenvalue weighted by Gasteiger charge is -2.12. The van der Waals surface area contributed by atoms with Gasteiger partial charge in [0.15, 0.2) is 5.75 Å². The summed E-state index contributed by atoms with van der Waals surface area (Å²) in [6.45, 7) is 2.08. The second-order valence-corrected chi connectivity index (χ2v) is 7.19. The third kappa shape index (κ3) is 4.71. The number of carbonyl (C=O) groups is 1. The zero-order chi connectivity index (χ0) is 12.2. The van der Waals surface area contributed by atoms with Crippen LogP contribution in [0.1, 0.15) is 26.2 Å². The normalized spacial score (nSPS) is 25.8. The quantitative estimate of drug-likeness (QED) is 0.739. The predicted octanol–water partition coefficient (Wildman–Crippen LogP) is 0.665. The molecule has 5 nitrogen and oxygen atoms in total. The molecule has 1 aliphatic rings. The minimum absolute atomic E-state index is 0.0894. The Hall–Kier alpha value is -0.270. The van der Waals surface area contributed by atoms with Crippen molar-refractivity contribution in [3.8, 4) is 0 Å². The van der Waals surface area contributed by atoms with Crippen LogP contribution in [0.15, 0.2) is 0 Å². The van der Waals surface area contributed by atoms with E-state index in [1.54, 1.807) is 0 Å². The first-order chi connectivity index (χ1) is 7.43. The van der Waals surface area contributed by atoms with E-state index in [1.807, 2.05) is 11.8 Å². The van der Waals surface area contributed by atoms with E-state index in [9.17, 15) is 13.2 Å². The molecule has 0 bridgehead atoms. The molecule has 7 heteroatoms. The summed E-state index contributed by atoms with van der Waals surface area (Å²) in [4.78, 5) is 10.3. The number of sulfonamides is 1. The molecule has 2 N–H and O–H groups in total. The lowest BCUT2D eigenvalue weighted by atomic mass is 10.3. The Kier molecular flexibility index (Phi) is 5.07. The number of rotatable bonds is 6. The number of hydrogen-bond donors (Lipinski definition) is 2. The van der Waals surface area contributed by atoms with Gasteiger partial charge in [-0.05, 0) is 25.0 Å². The second-order valence-electron chi connectivity index (χ2n) is 3.86. The lowest BCUT2D eigenvalue weighted by Crippen LogP contribution is -2.36. The third-order valence-electron chi connectivity index (χ3n) is 2.45. The van der Waals surface area contributed by atoms with Gasteiger partial charge in [-0.1, -0.05) is 6.92 Å². The number of hydrogen-bond acceptors (Lipinski definition) is 4. The highest BCUT2D eigenvalue weighted by Crippen LogP contribution is 2.29. The fourth-order valence-corrected chi connectivity index (χ4v) is 4.17. The van der Waals surface area contributed by atoms with E-state index in [1.165, 1.54) is 0 Å². The summed E-state index contributed by atoms with van der Waals surface area (Å²) in [6, 6.07) is -0.0894. The zero-order valence-corrected chi connectivity index (χ0v) is 10.8. The van der Waals surface area contributed by atoms with E-state index in [2.05, 4.69) is 11.6 Å². The molecule has 1 saturated carbocycles. The molecular weight excluding hydrogens is 250 g/mol. The van der Waals surface area contributed by atoms with Crippen LogP contribution in [0.4, 0.5) is 0 Å². The van der Waals surface area contributed by atoms with Gasteiger partial charge in [-0.3, -0.25) is 4.79 Å². The smallest absolute Gasteiger partial charge is 0.320 e. The highest BCUT2D eigenvalue weighted by Gasteiger charge is 2.28. The van der Waals surface area contributed by atoms with Crippen molar-refractivity contribution >= 4 is 27.8 Å². The van der Waals surface area contributed by atoms with Gasteiger partial charge in [0, 0.05) is 11.3 Å². The molecule has 16 heavy (non-hydrogen) atoms. The second kappa shape index (κ2) is 5.88. The van der Waals surface area contributed by atoms with Crippen LogP contribution in [-0.4, -0.2) is 42.3 Å². The molecule has 0 heterocycles. The van der Waals surface area contributed by atoms with Crippen LogP contribution in [0.3, 0.4) is 0 Å². The lowest BCUT2D eigenvalue weighted by molar-refractivity contribution is -0.134. The van der Waals surface area contributed by atoms with E-state index < -0.39 is 21.7 Å². The Morgan fingerprint density at radius 2 is 2.19 bits per heavy atom. The van der Waals surface area contributed by atoms with Crippen molar-refractivity contribution in [1.29, 1.82) is 0 Å². The fourth-order valence-electron chi connectivity index (χ4n) is 1.89. The van der Waals surface area contributed by atoms with Crippen molar-refractivity contribution in [2.75, 3.05) is 11.5 Å². The molecule has 0 saturated heterocycles. The Morgan fingerprint density at radius 3 is 2.75 bits per heavy atom. The van der Waals surface area contributed by atoms with E-state index in [-0.39, 0.29) is 6.04 Å². The minimum atomic E-state index is -3.66. The molecule has 1 rings (SSSR count). The molecule has 0 aliphatic heterocycles. The van der Waals surface area contributed by atoms with Crippen LogP contribution in [-0.2, 0) is 14.8 Å². The van der Waals surface area contributed by atoms with Gasteiger partial charge in [0.1, 0.15) is 0 Å². The monoisotopic (exact) mass is 267 g/mol. The molecule has 0 aromatic rings. The molecule has 2 unspecified atom stereocenters. The summed E-state index contributed by atoms with van der Waals surface area (Å²) in [5.41, 5.74) is 0. The van der Waals surface area contributed by atoms with Crippen molar-refractivity contribution in [3.05, 3.63) is 0 Å². The summed E-state index contributed by atoms with van der Waals surface area (Å²) in [6.07, 6.45) is 2.60. The molecule has 94 valence electrons. The number of thioether (sulfide) groups is 1. The maximum absolute atomic E-state index is 11.4. The maximum atomic E-state index is 11.4. The predicted molar refractivity (Wildman–Crippen MR) is 64.1 cm³/mol. The van der Waals surface area contributed by atoms with Gasteiger partial charge < -0.3 is 5.11 Å². The Balaban J connectivity index is 2.41. The number of aliphatic carboxylic acids is 1. The average Bonchev–Trinajstić information content (AvgIpc) is 2.49. The van der Waals surface area contributed by atoms with Gasteiger partial charge in [-0.25, -0.2) is 13.1 Å². The van der Waals surface area contributed by atoms with Crippen molar-refractivity contribution in [2.45, 2.75) is 37.5 Å². The summed E-state index contributed by atoms with van der Waals surface area (Å²) in [7, 11) is -3.66. The summed E-state index contributed by atoms with van der Waals surface area (Å²) < 4.78 is 25.2. The largest absolute Gasteiger partial charge is 0.480 e. The van der Waals surface area contributed by atoms with Crippen LogP contribution in [0.5, 0.6) is 0 Å². The summed E-state index contributed by atoms with van der Waals surface area (Å²) in [5.74, 6) is -1.13. The van der Waals surface area contributed by atoms with Crippen molar-refractivity contribution in [3.63, 3.8) is 0 Å². The van der Waals surface area contributed by atoms with Gasteiger partial charge in [0.05, 0.1) is 0 Å². The number of carboxylic acids is 1. The molecule has 0 amide bonds. The van der Waals surface area contributed by atoms with Crippen LogP contribution in [0.25, 0.3) is 0 Å². The average molecular weight is 267 g/mol. The Labute approximate surface area is 100 Å². The standard InChI is InChI=1S/C9H17NO4S2/c1-2-15-8-4-3-7(5-8)10-16(13,14)6-9(11)12/h7-8,10H,2-6H2,1H3,(H,11,12). The van der Waals surface area contributed by atoms with Gasteiger partial charge in [0.2, 0.25) is 10.0 Å². The molecule has 0 aromatic heterocycles. The van der Waals surface area contributed by atoms with Crippen LogP contribution < -0.4 is 4.72 Å². The van der Waals surface area contributed by atoms with Crippen molar-refractivity contribution in [2.24, 2.45) is 0 Å². The van der Waals surface area contributed by atoms with Crippen LogP contribution in [0.2, 0.25) is 0 Å². The fraction of sp³-hybridized carbons (Fsp3) is 0.889. The Morgan fingerprint density at radius 1 is 1.50 bits per heavy atom. The SMILES string of the molecule is CCSC1CCC(NS(=O)(=O)CC(=O)O)C1. The van der Waals surface area contributed by atoms with Gasteiger partial charge in [-0.2, -0.15) is 11.8 Å². The first-order valence-corrected chi connectivity index (χ1v) is 7.96. The van der Waals surface area contributed by atoms with E-state index in [0.717, 1.165) is 25.0 Å². The number of nitrogens with one attached hydrogen (secondary N) is 1. The van der Waals surface area contributed by atoms with Crippen molar-refractivity contribution < 1.29 is 18.3 Å². The summed E-state index contributed by atoms with van der Waals surface area (Å²) in [5, 5.41) is 8.94. The first kappa shape index (κ1) is 13.8. The van der Waals surface area contributed by atoms with Gasteiger partial charge >= 0.3 is 5.97 Å². The maximum Gasteiger partial charge on any atom is 0.320 e. The first-order valence-electron chi connectivity index (χ1n) is 5.26. The van der Waals surface area contributed by atoms with E-state index in [4.69, 9.17) is 5.11 Å². The highest BCUT2D eigenvalue weighted by atomic mass is 32.2. The molecule has 0 aromatic carbocycles. The zero-order valence-electron chi connectivity index (χ0n) is 9.18. The molecule has 0 radical (unpaired) electrons. The highest BCUT2D eigenvalue weighted by molar-refractivity contribution is 7.99. The summed E-state index contributed by atoms with van der Waals surface area (Å²) >= 11 is 1.83. The van der Waals surface area contributed by atoms with Gasteiger partial charge in [0.25, 0.3) is 0 Å². The third-order valence-corrected chi connectivity index (χ3v) is 5.00. The minimum Gasteiger partial charge on any atom is -0.480 e. The molecular formula is C9H17NO4S2. The van der Waals surface area contributed by atoms with E-state index in [0.29, 0.717) is 5.25 Å².